The number of ether oxygens (including phenoxy) is 2. The number of benzene rings is 3. The fourth-order valence-corrected chi connectivity index (χ4v) is 4.16. The van der Waals surface area contributed by atoms with E-state index in [9.17, 15) is 4.79 Å². The summed E-state index contributed by atoms with van der Waals surface area (Å²) in [5, 5.41) is 3.81. The maximum Gasteiger partial charge on any atom is 0.262 e. The van der Waals surface area contributed by atoms with Crippen LogP contribution in [0.15, 0.2) is 60.7 Å². The number of hydrogen-bond donors (Lipinski definition) is 1. The number of thiazole rings is 1. The van der Waals surface area contributed by atoms with Crippen LogP contribution in [-0.4, -0.2) is 24.6 Å². The number of anilines is 1. The molecular weight excluding hydrogens is 396 g/mol. The van der Waals surface area contributed by atoms with Gasteiger partial charge in [-0.15, -0.1) is 11.3 Å². The second kappa shape index (κ2) is 8.55. The number of carbonyl (C=O) groups is 1. The highest BCUT2D eigenvalue weighted by molar-refractivity contribution is 7.21. The topological polar surface area (TPSA) is 60.5 Å². The third-order valence-electron chi connectivity index (χ3n) is 4.64. The Morgan fingerprint density at radius 2 is 1.70 bits per heavy atom. The van der Waals surface area contributed by atoms with Crippen molar-refractivity contribution in [1.29, 1.82) is 0 Å². The summed E-state index contributed by atoms with van der Waals surface area (Å²) in [5.74, 6) is 0.915. The van der Waals surface area contributed by atoms with Crippen molar-refractivity contribution in [2.45, 2.75) is 13.8 Å². The minimum atomic E-state index is -0.235. The summed E-state index contributed by atoms with van der Waals surface area (Å²) in [6.45, 7) is 3.95. The van der Waals surface area contributed by atoms with Crippen molar-refractivity contribution in [1.82, 2.24) is 4.98 Å². The van der Waals surface area contributed by atoms with Crippen molar-refractivity contribution in [3.05, 3.63) is 71.8 Å². The predicted molar refractivity (Wildman–Crippen MR) is 122 cm³/mol. The molecule has 1 heterocycles. The maximum absolute atomic E-state index is 12.3. The van der Waals surface area contributed by atoms with Crippen LogP contribution in [0.2, 0.25) is 0 Å². The zero-order valence-electron chi connectivity index (χ0n) is 17.1. The molecule has 0 spiro atoms. The van der Waals surface area contributed by atoms with Crippen molar-refractivity contribution in [3.8, 4) is 22.1 Å². The Morgan fingerprint density at radius 3 is 2.47 bits per heavy atom. The number of hydrogen-bond acceptors (Lipinski definition) is 5. The van der Waals surface area contributed by atoms with Crippen LogP contribution in [-0.2, 0) is 4.79 Å². The summed E-state index contributed by atoms with van der Waals surface area (Å²) in [5.41, 5.74) is 5.02. The number of fused-ring (bicyclic) bond motifs is 1. The first-order valence-corrected chi connectivity index (χ1v) is 10.4. The molecule has 0 saturated heterocycles. The molecule has 6 heteroatoms. The minimum absolute atomic E-state index is 0.0988. The number of nitrogens with zero attached hydrogens (tertiary/aromatic N) is 1. The van der Waals surface area contributed by atoms with Gasteiger partial charge in [-0.3, -0.25) is 4.79 Å². The largest absolute Gasteiger partial charge is 0.493 e. The third kappa shape index (κ3) is 4.44. The molecule has 0 atom stereocenters. The number of nitrogens with one attached hydrogen (secondary N) is 1. The van der Waals surface area contributed by atoms with Gasteiger partial charge < -0.3 is 14.8 Å². The van der Waals surface area contributed by atoms with Crippen LogP contribution in [0, 0.1) is 13.8 Å². The van der Waals surface area contributed by atoms with Gasteiger partial charge in [-0.1, -0.05) is 12.1 Å². The average Bonchev–Trinajstić information content (AvgIpc) is 3.16. The quantitative estimate of drug-likeness (QED) is 0.442. The summed E-state index contributed by atoms with van der Waals surface area (Å²) >= 11 is 1.66. The Labute approximate surface area is 179 Å². The first-order valence-electron chi connectivity index (χ1n) is 9.57. The summed E-state index contributed by atoms with van der Waals surface area (Å²) in [6, 6.07) is 19.5. The van der Waals surface area contributed by atoms with Crippen molar-refractivity contribution in [2.24, 2.45) is 0 Å². The summed E-state index contributed by atoms with van der Waals surface area (Å²) in [4.78, 5) is 17.0. The van der Waals surface area contributed by atoms with E-state index in [2.05, 4.69) is 24.4 Å². The SMILES string of the molecule is COc1cc(C)ccc1OCC(=O)Nc1ccc(-c2nc3ccc(C)cc3s2)cc1. The number of rotatable bonds is 6. The molecule has 1 N–H and O–H groups in total. The molecule has 1 amide bonds. The van der Waals surface area contributed by atoms with E-state index in [4.69, 9.17) is 14.5 Å². The first-order chi connectivity index (χ1) is 14.5. The molecule has 4 rings (SSSR count). The smallest absolute Gasteiger partial charge is 0.262 e. The summed E-state index contributed by atoms with van der Waals surface area (Å²) < 4.78 is 12.1. The third-order valence-corrected chi connectivity index (χ3v) is 5.70. The van der Waals surface area contributed by atoms with Gasteiger partial charge in [0.2, 0.25) is 0 Å². The summed E-state index contributed by atoms with van der Waals surface area (Å²) in [6.07, 6.45) is 0. The summed E-state index contributed by atoms with van der Waals surface area (Å²) in [7, 11) is 1.58. The van der Waals surface area contributed by atoms with Gasteiger partial charge in [-0.25, -0.2) is 4.98 Å². The highest BCUT2D eigenvalue weighted by Crippen LogP contribution is 2.31. The van der Waals surface area contributed by atoms with Gasteiger partial charge in [0.25, 0.3) is 5.91 Å². The van der Waals surface area contributed by atoms with Gasteiger partial charge in [0, 0.05) is 11.3 Å². The Hall–Kier alpha value is -3.38. The molecule has 30 heavy (non-hydrogen) atoms. The van der Waals surface area contributed by atoms with Crippen molar-refractivity contribution in [2.75, 3.05) is 19.0 Å². The molecule has 0 aliphatic carbocycles. The molecule has 0 aliphatic rings. The predicted octanol–water partition coefficient (Wildman–Crippen LogP) is 5.61. The van der Waals surface area contributed by atoms with E-state index in [0.29, 0.717) is 17.2 Å². The highest BCUT2D eigenvalue weighted by Gasteiger charge is 2.10. The zero-order valence-corrected chi connectivity index (χ0v) is 17.9. The molecule has 1 aromatic heterocycles. The van der Waals surface area contributed by atoms with E-state index in [0.717, 1.165) is 21.7 Å². The molecule has 4 aromatic rings. The van der Waals surface area contributed by atoms with Crippen LogP contribution < -0.4 is 14.8 Å². The fraction of sp³-hybridized carbons (Fsp3) is 0.167. The second-order valence-electron chi connectivity index (χ2n) is 7.06. The van der Waals surface area contributed by atoms with E-state index in [-0.39, 0.29) is 12.5 Å². The monoisotopic (exact) mass is 418 g/mol. The van der Waals surface area contributed by atoms with Gasteiger partial charge in [0.15, 0.2) is 18.1 Å². The standard InChI is InChI=1S/C24H22N2O3S/c1-15-5-11-20(21(12-15)28-3)29-14-23(27)25-18-8-6-17(7-9-18)24-26-19-10-4-16(2)13-22(19)30-24/h4-13H,14H2,1-3H3,(H,25,27). The molecule has 0 fully saturated rings. The first kappa shape index (κ1) is 19.9. The molecule has 0 saturated carbocycles. The Bertz CT molecular complexity index is 1200. The van der Waals surface area contributed by atoms with E-state index in [1.165, 1.54) is 10.3 Å². The van der Waals surface area contributed by atoms with Crippen LogP contribution in [0.3, 0.4) is 0 Å². The Balaban J connectivity index is 1.40. The van der Waals surface area contributed by atoms with Crippen LogP contribution in [0.5, 0.6) is 11.5 Å². The normalized spacial score (nSPS) is 10.8. The second-order valence-corrected chi connectivity index (χ2v) is 8.09. The molecule has 0 bridgehead atoms. The molecule has 0 radical (unpaired) electrons. The Kier molecular flexibility index (Phi) is 5.68. The van der Waals surface area contributed by atoms with Gasteiger partial charge in [-0.05, 0) is 73.5 Å². The molecule has 0 aliphatic heterocycles. The number of amides is 1. The van der Waals surface area contributed by atoms with E-state index < -0.39 is 0 Å². The lowest BCUT2D eigenvalue weighted by Crippen LogP contribution is -2.20. The minimum Gasteiger partial charge on any atom is -0.493 e. The van der Waals surface area contributed by atoms with Crippen molar-refractivity contribution < 1.29 is 14.3 Å². The van der Waals surface area contributed by atoms with Crippen LogP contribution in [0.1, 0.15) is 11.1 Å². The van der Waals surface area contributed by atoms with Crippen LogP contribution >= 0.6 is 11.3 Å². The lowest BCUT2D eigenvalue weighted by molar-refractivity contribution is -0.118. The number of carbonyl (C=O) groups excluding carboxylic acids is 1. The van der Waals surface area contributed by atoms with Crippen molar-refractivity contribution >= 4 is 33.1 Å². The van der Waals surface area contributed by atoms with Gasteiger partial charge in [0.1, 0.15) is 5.01 Å². The van der Waals surface area contributed by atoms with E-state index in [1.54, 1.807) is 24.5 Å². The van der Waals surface area contributed by atoms with Crippen LogP contribution in [0.25, 0.3) is 20.8 Å². The fourth-order valence-electron chi connectivity index (χ4n) is 3.09. The number of methoxy groups -OCH3 is 1. The van der Waals surface area contributed by atoms with E-state index >= 15 is 0 Å². The zero-order chi connectivity index (χ0) is 21.1. The van der Waals surface area contributed by atoms with Gasteiger partial charge >= 0.3 is 0 Å². The Morgan fingerprint density at radius 1 is 0.967 bits per heavy atom. The molecule has 152 valence electrons. The van der Waals surface area contributed by atoms with E-state index in [1.807, 2.05) is 49.4 Å². The van der Waals surface area contributed by atoms with Gasteiger partial charge in [0.05, 0.1) is 17.3 Å². The number of aryl methyl sites for hydroxylation is 2. The van der Waals surface area contributed by atoms with Crippen LogP contribution in [0.4, 0.5) is 5.69 Å². The number of aromatic nitrogens is 1. The molecule has 0 unspecified atom stereocenters. The molecule has 3 aromatic carbocycles. The molecular formula is C24H22N2O3S. The maximum atomic E-state index is 12.3. The lowest BCUT2D eigenvalue weighted by atomic mass is 10.2. The van der Waals surface area contributed by atoms with Crippen molar-refractivity contribution in [3.63, 3.8) is 0 Å². The average molecular weight is 419 g/mol. The molecule has 5 nitrogen and oxygen atoms in total. The highest BCUT2D eigenvalue weighted by atomic mass is 32.1. The lowest BCUT2D eigenvalue weighted by Gasteiger charge is -2.11. The van der Waals surface area contributed by atoms with Gasteiger partial charge in [-0.2, -0.15) is 0 Å².